The van der Waals surface area contributed by atoms with Gasteiger partial charge >= 0.3 is 0 Å². The van der Waals surface area contributed by atoms with E-state index in [1.165, 1.54) is 0 Å². The number of para-hydroxylation sites is 2. The van der Waals surface area contributed by atoms with E-state index in [0.717, 1.165) is 10.6 Å². The molecule has 0 unspecified atom stereocenters. The number of hydrogen-bond acceptors (Lipinski definition) is 5. The lowest BCUT2D eigenvalue weighted by atomic mass is 10.0. The van der Waals surface area contributed by atoms with E-state index in [2.05, 4.69) is 10.4 Å². The van der Waals surface area contributed by atoms with Gasteiger partial charge in [0, 0.05) is 5.69 Å². The summed E-state index contributed by atoms with van der Waals surface area (Å²) in [5.41, 5.74) is 7.68. The second-order valence-corrected chi connectivity index (χ2v) is 5.77. The van der Waals surface area contributed by atoms with Crippen molar-refractivity contribution in [2.45, 2.75) is 13.3 Å². The zero-order valence-electron chi connectivity index (χ0n) is 14.2. The number of hydrogen-bond donors (Lipinski definition) is 2. The summed E-state index contributed by atoms with van der Waals surface area (Å²) in [6.07, 6.45) is 0.693. The highest BCUT2D eigenvalue weighted by molar-refractivity contribution is 6.50. The van der Waals surface area contributed by atoms with Gasteiger partial charge in [-0.05, 0) is 30.2 Å². The fraction of sp³-hybridized carbons (Fsp3) is 0.158. The Morgan fingerprint density at radius 2 is 1.77 bits per heavy atom. The van der Waals surface area contributed by atoms with Crippen molar-refractivity contribution in [3.05, 3.63) is 60.2 Å². The van der Waals surface area contributed by atoms with Gasteiger partial charge in [0.15, 0.2) is 5.92 Å². The molecule has 0 aliphatic carbocycles. The summed E-state index contributed by atoms with van der Waals surface area (Å²) in [7, 11) is 0. The number of benzene rings is 2. The number of carbonyl (C=O) groups excluding carboxylic acids is 3. The molecule has 0 bridgehead atoms. The maximum Gasteiger partial charge on any atom is 0.293 e. The van der Waals surface area contributed by atoms with Crippen molar-refractivity contribution < 1.29 is 14.4 Å². The average molecular weight is 350 g/mol. The molecule has 0 fully saturated rings. The van der Waals surface area contributed by atoms with Gasteiger partial charge in [0.25, 0.3) is 11.8 Å². The third-order valence-electron chi connectivity index (χ3n) is 4.10. The smallest absolute Gasteiger partial charge is 0.293 e. The Labute approximate surface area is 150 Å². The molecule has 0 radical (unpaired) electrons. The monoisotopic (exact) mass is 350 g/mol. The minimum atomic E-state index is -1.41. The Morgan fingerprint density at radius 1 is 1.12 bits per heavy atom. The first-order valence-corrected chi connectivity index (χ1v) is 8.19. The molecule has 7 nitrogen and oxygen atoms in total. The molecule has 1 heterocycles. The molecule has 0 aromatic heterocycles. The highest BCUT2D eigenvalue weighted by Gasteiger charge is 2.43. The topological polar surface area (TPSA) is 105 Å². The van der Waals surface area contributed by atoms with Crippen LogP contribution in [0.25, 0.3) is 0 Å². The number of nitrogens with one attached hydrogen (secondary N) is 1. The number of Topliss-reactive ketones (excluding diaryl/α,β-unsaturated/α-hetero) is 1. The molecule has 1 aliphatic rings. The second-order valence-electron chi connectivity index (χ2n) is 5.77. The fourth-order valence-corrected chi connectivity index (χ4v) is 2.74. The molecule has 3 rings (SSSR count). The molecule has 3 N–H and O–H groups in total. The third-order valence-corrected chi connectivity index (χ3v) is 4.10. The van der Waals surface area contributed by atoms with Crippen molar-refractivity contribution in [1.29, 1.82) is 0 Å². The lowest BCUT2D eigenvalue weighted by Gasteiger charge is -2.14. The summed E-state index contributed by atoms with van der Waals surface area (Å²) in [6, 6.07) is 15.8. The van der Waals surface area contributed by atoms with E-state index in [-0.39, 0.29) is 5.84 Å². The van der Waals surface area contributed by atoms with Gasteiger partial charge in [0.05, 0.1) is 5.69 Å². The van der Waals surface area contributed by atoms with E-state index >= 15 is 0 Å². The summed E-state index contributed by atoms with van der Waals surface area (Å²) < 4.78 is 0. The normalized spacial score (nSPS) is 16.3. The summed E-state index contributed by atoms with van der Waals surface area (Å²) in [4.78, 5) is 37.5. The zero-order chi connectivity index (χ0) is 18.7. The molecule has 2 aromatic carbocycles. The number of nitrogens with zero attached hydrogens (tertiary/aromatic N) is 2. The number of ketones is 1. The Morgan fingerprint density at radius 3 is 2.46 bits per heavy atom. The van der Waals surface area contributed by atoms with Crippen molar-refractivity contribution in [1.82, 2.24) is 0 Å². The minimum absolute atomic E-state index is 0.192. The second kappa shape index (κ2) is 7.18. The molecule has 2 aromatic rings. The van der Waals surface area contributed by atoms with Crippen LogP contribution < -0.4 is 16.1 Å². The van der Waals surface area contributed by atoms with E-state index in [1.807, 2.05) is 19.1 Å². The van der Waals surface area contributed by atoms with Crippen LogP contribution in [0, 0.1) is 5.92 Å². The molecule has 0 spiro atoms. The third kappa shape index (κ3) is 3.19. The van der Waals surface area contributed by atoms with Crippen LogP contribution in [0.15, 0.2) is 59.7 Å². The SMILES string of the molecule is CCc1ccccc1NC(=O)C(=O)[C@@H]1C(=O)N(c2ccccc2)N=C1N. The van der Waals surface area contributed by atoms with Crippen LogP contribution >= 0.6 is 0 Å². The number of anilines is 2. The van der Waals surface area contributed by atoms with Gasteiger partial charge in [-0.2, -0.15) is 10.1 Å². The number of rotatable bonds is 5. The van der Waals surface area contributed by atoms with Gasteiger partial charge in [-0.15, -0.1) is 0 Å². The highest BCUT2D eigenvalue weighted by atomic mass is 16.2. The van der Waals surface area contributed by atoms with Crippen molar-refractivity contribution in [3.8, 4) is 0 Å². The predicted octanol–water partition coefficient (Wildman–Crippen LogP) is 1.69. The summed E-state index contributed by atoms with van der Waals surface area (Å²) in [5, 5.41) is 7.55. The first kappa shape index (κ1) is 17.3. The summed E-state index contributed by atoms with van der Waals surface area (Å²) >= 11 is 0. The lowest BCUT2D eigenvalue weighted by molar-refractivity contribution is -0.138. The van der Waals surface area contributed by atoms with Gasteiger partial charge in [-0.3, -0.25) is 14.4 Å². The highest BCUT2D eigenvalue weighted by Crippen LogP contribution is 2.23. The van der Waals surface area contributed by atoms with E-state index in [4.69, 9.17) is 5.73 Å². The molecular formula is C19H18N4O3. The number of aryl methyl sites for hydroxylation is 1. The first-order valence-electron chi connectivity index (χ1n) is 8.19. The van der Waals surface area contributed by atoms with Crippen LogP contribution in [0.4, 0.5) is 11.4 Å². The van der Waals surface area contributed by atoms with Crippen LogP contribution in [0.1, 0.15) is 12.5 Å². The number of amidine groups is 1. The van der Waals surface area contributed by atoms with Gasteiger partial charge in [0.1, 0.15) is 5.84 Å². The molecule has 0 saturated heterocycles. The summed E-state index contributed by atoms with van der Waals surface area (Å²) in [6.45, 7) is 1.94. The molecule has 1 atom stereocenters. The molecule has 7 heteroatoms. The Bertz CT molecular complexity index is 893. The largest absolute Gasteiger partial charge is 0.385 e. The van der Waals surface area contributed by atoms with Gasteiger partial charge in [-0.1, -0.05) is 43.3 Å². The fourth-order valence-electron chi connectivity index (χ4n) is 2.74. The predicted molar refractivity (Wildman–Crippen MR) is 98.5 cm³/mol. The Kier molecular flexibility index (Phi) is 4.79. The zero-order valence-corrected chi connectivity index (χ0v) is 14.2. The van der Waals surface area contributed by atoms with E-state index in [9.17, 15) is 14.4 Å². The Hall–Kier alpha value is -3.48. The minimum Gasteiger partial charge on any atom is -0.385 e. The van der Waals surface area contributed by atoms with Crippen LogP contribution in [-0.2, 0) is 20.8 Å². The van der Waals surface area contributed by atoms with Gasteiger partial charge in [-0.25, -0.2) is 0 Å². The van der Waals surface area contributed by atoms with Crippen molar-refractivity contribution in [2.24, 2.45) is 16.8 Å². The number of amides is 2. The van der Waals surface area contributed by atoms with Gasteiger partial charge in [0.2, 0.25) is 5.78 Å². The number of carbonyl (C=O) groups is 3. The Balaban J connectivity index is 1.78. The first-order chi connectivity index (χ1) is 12.5. The number of nitrogens with two attached hydrogens (primary N) is 1. The average Bonchev–Trinajstić information content (AvgIpc) is 2.96. The van der Waals surface area contributed by atoms with Crippen molar-refractivity contribution >= 4 is 34.8 Å². The van der Waals surface area contributed by atoms with Crippen LogP contribution in [-0.4, -0.2) is 23.4 Å². The van der Waals surface area contributed by atoms with Crippen LogP contribution in [0.3, 0.4) is 0 Å². The maximum absolute atomic E-state index is 12.6. The standard InChI is InChI=1S/C19H18N4O3/c1-2-12-8-6-7-11-14(12)21-18(25)16(24)15-17(20)22-23(19(15)26)13-9-4-3-5-10-13/h3-11,15H,2H2,1H3,(H2,20,22)(H,21,25)/t15-/m0/s1. The van der Waals surface area contributed by atoms with Crippen molar-refractivity contribution in [2.75, 3.05) is 10.3 Å². The molecule has 0 saturated carbocycles. The van der Waals surface area contributed by atoms with Crippen LogP contribution in [0.2, 0.25) is 0 Å². The number of hydrazone groups is 1. The maximum atomic E-state index is 12.6. The molecular weight excluding hydrogens is 332 g/mol. The quantitative estimate of drug-likeness (QED) is 0.632. The molecule has 132 valence electrons. The van der Waals surface area contributed by atoms with E-state index in [1.54, 1.807) is 42.5 Å². The lowest BCUT2D eigenvalue weighted by Crippen LogP contribution is -2.41. The van der Waals surface area contributed by atoms with Gasteiger partial charge < -0.3 is 11.1 Å². The van der Waals surface area contributed by atoms with Crippen molar-refractivity contribution in [3.63, 3.8) is 0 Å². The molecule has 2 amide bonds. The molecule has 26 heavy (non-hydrogen) atoms. The van der Waals surface area contributed by atoms with E-state index < -0.39 is 23.5 Å². The van der Waals surface area contributed by atoms with Crippen LogP contribution in [0.5, 0.6) is 0 Å². The molecule has 1 aliphatic heterocycles. The summed E-state index contributed by atoms with van der Waals surface area (Å²) in [5.74, 6) is -4.07. The van der Waals surface area contributed by atoms with E-state index in [0.29, 0.717) is 17.8 Å².